The molecule has 0 aliphatic heterocycles. The third-order valence-corrected chi connectivity index (χ3v) is 7.27. The third kappa shape index (κ3) is 3.06. The van der Waals surface area contributed by atoms with Crippen LogP contribution >= 0.6 is 0 Å². The summed E-state index contributed by atoms with van der Waals surface area (Å²) in [7, 11) is -1.50. The van der Waals surface area contributed by atoms with Crippen LogP contribution in [0.2, 0.25) is 0 Å². The zero-order valence-electron chi connectivity index (χ0n) is 18.9. The van der Waals surface area contributed by atoms with Crippen molar-refractivity contribution in [1.29, 1.82) is 0 Å². The van der Waals surface area contributed by atoms with Crippen molar-refractivity contribution in [3.63, 3.8) is 0 Å². The summed E-state index contributed by atoms with van der Waals surface area (Å²) < 4.78 is 0. The molecule has 164 valence electrons. The predicted molar refractivity (Wildman–Crippen MR) is 148 cm³/mol. The summed E-state index contributed by atoms with van der Waals surface area (Å²) in [6.45, 7) is 0. The molecule has 7 rings (SSSR count). The lowest BCUT2D eigenvalue weighted by Crippen LogP contribution is -2.30. The van der Waals surface area contributed by atoms with E-state index in [9.17, 15) is 10.0 Å². The zero-order valence-corrected chi connectivity index (χ0v) is 18.9. The summed E-state index contributed by atoms with van der Waals surface area (Å²) in [4.78, 5) is 0. The van der Waals surface area contributed by atoms with Crippen LogP contribution in [0.1, 0.15) is 0 Å². The molecule has 7 aromatic rings. The molecule has 2 N–H and O–H groups in total. The molecule has 0 saturated heterocycles. The van der Waals surface area contributed by atoms with Gasteiger partial charge in [0.2, 0.25) is 0 Å². The van der Waals surface area contributed by atoms with Gasteiger partial charge >= 0.3 is 7.12 Å². The molecular formula is C32H21BO2. The van der Waals surface area contributed by atoms with Crippen molar-refractivity contribution >= 4 is 55.7 Å². The van der Waals surface area contributed by atoms with Crippen molar-refractivity contribution in [3.8, 4) is 22.3 Å². The number of hydrogen-bond donors (Lipinski definition) is 2. The van der Waals surface area contributed by atoms with Crippen molar-refractivity contribution in [2.75, 3.05) is 0 Å². The number of rotatable bonds is 3. The van der Waals surface area contributed by atoms with Crippen LogP contribution in [0, 0.1) is 0 Å². The van der Waals surface area contributed by atoms with E-state index in [-0.39, 0.29) is 0 Å². The summed E-state index contributed by atoms with van der Waals surface area (Å²) in [5, 5.41) is 28.9. The van der Waals surface area contributed by atoms with Gasteiger partial charge in [0.1, 0.15) is 0 Å². The normalized spacial score (nSPS) is 11.7. The molecule has 0 unspecified atom stereocenters. The van der Waals surface area contributed by atoms with Crippen LogP contribution in [0.25, 0.3) is 65.3 Å². The number of fused-ring (bicyclic) bond motifs is 1. The molecule has 0 spiro atoms. The minimum Gasteiger partial charge on any atom is -0.423 e. The minimum atomic E-state index is -1.50. The minimum absolute atomic E-state index is 0.539. The van der Waals surface area contributed by atoms with Crippen LogP contribution in [0.3, 0.4) is 0 Å². The molecular weight excluding hydrogens is 427 g/mol. The third-order valence-electron chi connectivity index (χ3n) is 7.27. The van der Waals surface area contributed by atoms with Gasteiger partial charge in [0.05, 0.1) is 0 Å². The zero-order chi connectivity index (χ0) is 23.5. The molecule has 3 heteroatoms. The molecule has 0 aromatic heterocycles. The summed E-state index contributed by atoms with van der Waals surface area (Å²) in [5.74, 6) is 0. The van der Waals surface area contributed by atoms with E-state index in [1.807, 2.05) is 12.1 Å². The molecule has 0 aliphatic rings. The summed E-state index contributed by atoms with van der Waals surface area (Å²) >= 11 is 0. The highest BCUT2D eigenvalue weighted by molar-refractivity contribution is 6.62. The lowest BCUT2D eigenvalue weighted by Gasteiger charge is -2.16. The molecule has 0 aliphatic carbocycles. The van der Waals surface area contributed by atoms with Crippen molar-refractivity contribution < 1.29 is 10.0 Å². The van der Waals surface area contributed by atoms with Crippen LogP contribution in [0.4, 0.5) is 0 Å². The Hall–Kier alpha value is -4.18. The van der Waals surface area contributed by atoms with E-state index in [0.717, 1.165) is 32.5 Å². The monoisotopic (exact) mass is 448 g/mol. The van der Waals surface area contributed by atoms with Crippen LogP contribution in [-0.4, -0.2) is 17.2 Å². The van der Waals surface area contributed by atoms with Gasteiger partial charge in [-0.15, -0.1) is 0 Å². The van der Waals surface area contributed by atoms with Gasteiger partial charge in [-0.1, -0.05) is 115 Å². The van der Waals surface area contributed by atoms with Gasteiger partial charge in [-0.25, -0.2) is 0 Å². The molecule has 0 heterocycles. The molecule has 7 aromatic carbocycles. The van der Waals surface area contributed by atoms with Crippen LogP contribution in [-0.2, 0) is 0 Å². The first-order chi connectivity index (χ1) is 17.2. The van der Waals surface area contributed by atoms with E-state index >= 15 is 0 Å². The Balaban J connectivity index is 1.42. The predicted octanol–water partition coefficient (Wildman–Crippen LogP) is 6.75. The lowest BCUT2D eigenvalue weighted by molar-refractivity contribution is 0.426. The molecule has 0 radical (unpaired) electrons. The second kappa shape index (κ2) is 7.67. The highest BCUT2D eigenvalue weighted by Crippen LogP contribution is 2.39. The topological polar surface area (TPSA) is 40.5 Å². The highest BCUT2D eigenvalue weighted by atomic mass is 16.4. The Morgan fingerprint density at radius 2 is 0.971 bits per heavy atom. The van der Waals surface area contributed by atoms with Crippen molar-refractivity contribution in [1.82, 2.24) is 0 Å². The Labute approximate surface area is 203 Å². The Kier molecular flexibility index (Phi) is 4.43. The first kappa shape index (κ1) is 20.2. The van der Waals surface area contributed by atoms with Gasteiger partial charge in [0, 0.05) is 0 Å². The average Bonchev–Trinajstić information content (AvgIpc) is 2.91. The van der Waals surface area contributed by atoms with Crippen molar-refractivity contribution in [2.45, 2.75) is 0 Å². The van der Waals surface area contributed by atoms with Gasteiger partial charge in [-0.3, -0.25) is 0 Å². The van der Waals surface area contributed by atoms with Gasteiger partial charge in [-0.2, -0.15) is 0 Å². The molecule has 0 bridgehead atoms. The number of hydrogen-bond acceptors (Lipinski definition) is 2. The molecule has 35 heavy (non-hydrogen) atoms. The first-order valence-corrected chi connectivity index (χ1v) is 11.8. The second-order valence-corrected chi connectivity index (χ2v) is 9.17. The standard InChI is InChI=1S/C32H21BO2/c34-33(35)30-19-15-24-13-17-28-27(16-12-23-14-18-29(30)32(24)31(23)28)22-10-8-21(9-11-22)26-7-3-5-20-4-1-2-6-25(20)26/h1-19,34-35H. The van der Waals surface area contributed by atoms with Crippen LogP contribution in [0.5, 0.6) is 0 Å². The van der Waals surface area contributed by atoms with E-state index in [0.29, 0.717) is 5.46 Å². The quantitative estimate of drug-likeness (QED) is 0.232. The molecule has 2 nitrogen and oxygen atoms in total. The van der Waals surface area contributed by atoms with Crippen LogP contribution < -0.4 is 5.46 Å². The van der Waals surface area contributed by atoms with Crippen molar-refractivity contribution in [2.24, 2.45) is 0 Å². The van der Waals surface area contributed by atoms with E-state index in [1.165, 1.54) is 32.8 Å². The fourth-order valence-corrected chi connectivity index (χ4v) is 5.61. The van der Waals surface area contributed by atoms with Gasteiger partial charge < -0.3 is 10.0 Å². The van der Waals surface area contributed by atoms with Gasteiger partial charge in [0.25, 0.3) is 0 Å². The summed E-state index contributed by atoms with van der Waals surface area (Å²) in [6, 6.07) is 40.3. The fourth-order valence-electron chi connectivity index (χ4n) is 5.61. The van der Waals surface area contributed by atoms with E-state index in [2.05, 4.69) is 97.1 Å². The maximum Gasteiger partial charge on any atom is 0.489 e. The van der Waals surface area contributed by atoms with E-state index in [1.54, 1.807) is 6.07 Å². The molecule has 0 amide bonds. The molecule has 0 fully saturated rings. The average molecular weight is 448 g/mol. The van der Waals surface area contributed by atoms with Crippen LogP contribution in [0.15, 0.2) is 115 Å². The SMILES string of the molecule is OB(O)c1ccc2ccc3c(-c4ccc(-c5cccc6ccccc56)cc4)ccc4ccc1c2c43. The smallest absolute Gasteiger partial charge is 0.423 e. The number of benzene rings is 7. The maximum absolute atomic E-state index is 9.93. The Bertz CT molecular complexity index is 1860. The Morgan fingerprint density at radius 3 is 1.71 bits per heavy atom. The summed E-state index contributed by atoms with van der Waals surface area (Å²) in [6.07, 6.45) is 0. The summed E-state index contributed by atoms with van der Waals surface area (Å²) in [5.41, 5.74) is 5.31. The molecule has 0 saturated carbocycles. The first-order valence-electron chi connectivity index (χ1n) is 11.8. The lowest BCUT2D eigenvalue weighted by atomic mass is 9.75. The van der Waals surface area contributed by atoms with Gasteiger partial charge in [0.15, 0.2) is 0 Å². The highest BCUT2D eigenvalue weighted by Gasteiger charge is 2.19. The fraction of sp³-hybridized carbons (Fsp3) is 0. The van der Waals surface area contributed by atoms with E-state index in [4.69, 9.17) is 0 Å². The largest absolute Gasteiger partial charge is 0.489 e. The Morgan fingerprint density at radius 1 is 0.400 bits per heavy atom. The second-order valence-electron chi connectivity index (χ2n) is 9.17. The van der Waals surface area contributed by atoms with Gasteiger partial charge in [-0.05, 0) is 70.8 Å². The van der Waals surface area contributed by atoms with E-state index < -0.39 is 7.12 Å². The van der Waals surface area contributed by atoms with Crippen molar-refractivity contribution in [3.05, 3.63) is 115 Å². The molecule has 0 atom stereocenters. The maximum atomic E-state index is 9.93.